The summed E-state index contributed by atoms with van der Waals surface area (Å²) in [7, 11) is 0. The SMILES string of the molecule is CC(C)(C)Cc1nc(=S)c(Br)c(C(C)(C)C)[nH]1. The maximum atomic E-state index is 5.31. The average Bonchev–Trinajstić information content (AvgIpc) is 2.06. The van der Waals surface area contributed by atoms with E-state index in [9.17, 15) is 0 Å². The van der Waals surface area contributed by atoms with E-state index in [0.29, 0.717) is 4.64 Å². The topological polar surface area (TPSA) is 28.7 Å². The lowest BCUT2D eigenvalue weighted by Crippen LogP contribution is -2.19. The summed E-state index contributed by atoms with van der Waals surface area (Å²) in [6.45, 7) is 13.1. The van der Waals surface area contributed by atoms with Crippen LogP contribution in [-0.2, 0) is 11.8 Å². The van der Waals surface area contributed by atoms with Crippen molar-refractivity contribution < 1.29 is 0 Å². The van der Waals surface area contributed by atoms with Crippen molar-refractivity contribution in [2.75, 3.05) is 0 Å². The zero-order valence-corrected chi connectivity index (χ0v) is 13.8. The van der Waals surface area contributed by atoms with Crippen molar-refractivity contribution in [3.8, 4) is 0 Å². The Morgan fingerprint density at radius 3 is 2.12 bits per heavy atom. The Morgan fingerprint density at radius 2 is 1.71 bits per heavy atom. The summed E-state index contributed by atoms with van der Waals surface area (Å²) >= 11 is 8.84. The number of aromatic nitrogens is 2. The second kappa shape index (κ2) is 4.81. The molecule has 2 nitrogen and oxygen atoms in total. The van der Waals surface area contributed by atoms with Crippen LogP contribution < -0.4 is 0 Å². The smallest absolute Gasteiger partial charge is 0.144 e. The molecule has 0 unspecified atom stereocenters. The lowest BCUT2D eigenvalue weighted by molar-refractivity contribution is 0.397. The van der Waals surface area contributed by atoms with Crippen LogP contribution >= 0.6 is 28.1 Å². The molecule has 1 rings (SSSR count). The fraction of sp³-hybridized carbons (Fsp3) is 0.692. The van der Waals surface area contributed by atoms with Crippen LogP contribution in [0.2, 0.25) is 0 Å². The molecule has 0 atom stereocenters. The van der Waals surface area contributed by atoms with Gasteiger partial charge < -0.3 is 4.98 Å². The van der Waals surface area contributed by atoms with Crippen LogP contribution in [0.4, 0.5) is 0 Å². The van der Waals surface area contributed by atoms with Gasteiger partial charge in [-0.3, -0.25) is 0 Å². The molecule has 0 aliphatic carbocycles. The molecule has 1 aromatic rings. The van der Waals surface area contributed by atoms with Crippen molar-refractivity contribution in [1.82, 2.24) is 9.97 Å². The summed E-state index contributed by atoms with van der Waals surface area (Å²) in [5, 5.41) is 0. The summed E-state index contributed by atoms with van der Waals surface area (Å²) < 4.78 is 1.56. The molecule has 0 saturated carbocycles. The van der Waals surface area contributed by atoms with Gasteiger partial charge in [0.1, 0.15) is 10.5 Å². The summed E-state index contributed by atoms with van der Waals surface area (Å²) in [5.41, 5.74) is 1.35. The van der Waals surface area contributed by atoms with E-state index in [2.05, 4.69) is 67.4 Å². The minimum Gasteiger partial charge on any atom is -0.346 e. The van der Waals surface area contributed by atoms with Crippen LogP contribution in [-0.4, -0.2) is 9.97 Å². The van der Waals surface area contributed by atoms with E-state index >= 15 is 0 Å². The molecule has 4 heteroatoms. The Labute approximate surface area is 117 Å². The summed E-state index contributed by atoms with van der Waals surface area (Å²) in [6, 6.07) is 0. The van der Waals surface area contributed by atoms with Crippen LogP contribution in [0.15, 0.2) is 4.47 Å². The molecule has 0 radical (unpaired) electrons. The molecule has 0 spiro atoms. The predicted octanol–water partition coefficient (Wildman–Crippen LogP) is 4.79. The van der Waals surface area contributed by atoms with Crippen LogP contribution in [0.25, 0.3) is 0 Å². The monoisotopic (exact) mass is 316 g/mol. The van der Waals surface area contributed by atoms with Crippen LogP contribution in [0.1, 0.15) is 53.1 Å². The largest absolute Gasteiger partial charge is 0.346 e. The van der Waals surface area contributed by atoms with Gasteiger partial charge in [0.15, 0.2) is 0 Å². The lowest BCUT2D eigenvalue weighted by Gasteiger charge is -2.23. The van der Waals surface area contributed by atoms with E-state index in [1.54, 1.807) is 0 Å². The first-order chi connectivity index (χ1) is 7.50. The Hall–Kier alpha value is -0.220. The molecule has 0 aliphatic rings. The van der Waals surface area contributed by atoms with Crippen molar-refractivity contribution in [2.45, 2.75) is 53.4 Å². The fourth-order valence-electron chi connectivity index (χ4n) is 1.61. The molecule has 0 aliphatic heterocycles. The van der Waals surface area contributed by atoms with Gasteiger partial charge >= 0.3 is 0 Å². The number of H-pyrrole nitrogens is 1. The Bertz CT molecular complexity index is 464. The normalized spacial score (nSPS) is 12.9. The summed E-state index contributed by atoms with van der Waals surface area (Å²) in [6.07, 6.45) is 0.896. The van der Waals surface area contributed by atoms with E-state index in [0.717, 1.165) is 22.4 Å². The first kappa shape index (κ1) is 14.8. The van der Waals surface area contributed by atoms with Crippen molar-refractivity contribution in [2.24, 2.45) is 5.41 Å². The van der Waals surface area contributed by atoms with E-state index in [4.69, 9.17) is 12.2 Å². The standard InChI is InChI=1S/C13H21BrN2S/c1-12(2,3)7-8-15-10(13(4,5)6)9(14)11(17)16-8/h7H2,1-6H3,(H,15,16,17). The lowest BCUT2D eigenvalue weighted by atomic mass is 9.90. The van der Waals surface area contributed by atoms with Crippen molar-refractivity contribution in [1.29, 1.82) is 0 Å². The van der Waals surface area contributed by atoms with Gasteiger partial charge in [-0.05, 0) is 21.3 Å². The summed E-state index contributed by atoms with van der Waals surface area (Å²) in [4.78, 5) is 7.87. The molecule has 1 heterocycles. The molecular formula is C13H21BrN2S. The Morgan fingerprint density at radius 1 is 1.18 bits per heavy atom. The van der Waals surface area contributed by atoms with Crippen LogP contribution in [0.5, 0.6) is 0 Å². The van der Waals surface area contributed by atoms with Gasteiger partial charge in [-0.25, -0.2) is 4.98 Å². The highest BCUT2D eigenvalue weighted by Crippen LogP contribution is 2.29. The highest BCUT2D eigenvalue weighted by Gasteiger charge is 2.21. The van der Waals surface area contributed by atoms with Gasteiger partial charge in [0.25, 0.3) is 0 Å². The maximum Gasteiger partial charge on any atom is 0.144 e. The van der Waals surface area contributed by atoms with Crippen LogP contribution in [0, 0.1) is 10.1 Å². The van der Waals surface area contributed by atoms with Crippen molar-refractivity contribution in [3.63, 3.8) is 0 Å². The van der Waals surface area contributed by atoms with Crippen LogP contribution in [0.3, 0.4) is 0 Å². The maximum absolute atomic E-state index is 5.31. The molecule has 17 heavy (non-hydrogen) atoms. The van der Waals surface area contributed by atoms with E-state index in [-0.39, 0.29) is 10.8 Å². The Balaban J connectivity index is 3.30. The predicted molar refractivity (Wildman–Crippen MR) is 79.0 cm³/mol. The molecule has 1 aromatic heterocycles. The molecule has 96 valence electrons. The second-order valence-electron chi connectivity index (χ2n) is 6.67. The molecule has 0 amide bonds. The molecule has 0 bridgehead atoms. The number of hydrogen-bond donors (Lipinski definition) is 1. The number of nitrogens with zero attached hydrogens (tertiary/aromatic N) is 1. The van der Waals surface area contributed by atoms with Gasteiger partial charge in [0.2, 0.25) is 0 Å². The van der Waals surface area contributed by atoms with Gasteiger partial charge in [-0.1, -0.05) is 53.8 Å². The van der Waals surface area contributed by atoms with E-state index < -0.39 is 0 Å². The van der Waals surface area contributed by atoms with Gasteiger partial charge in [-0.2, -0.15) is 0 Å². The number of halogens is 1. The van der Waals surface area contributed by atoms with E-state index in [1.165, 1.54) is 0 Å². The number of hydrogen-bond acceptors (Lipinski definition) is 2. The van der Waals surface area contributed by atoms with Crippen molar-refractivity contribution in [3.05, 3.63) is 20.6 Å². The molecule has 0 fully saturated rings. The third-order valence-electron chi connectivity index (χ3n) is 2.36. The minimum atomic E-state index is 0.0297. The molecule has 1 N–H and O–H groups in total. The molecule has 0 aromatic carbocycles. The zero-order chi connectivity index (χ0) is 13.4. The second-order valence-corrected chi connectivity index (χ2v) is 7.84. The third kappa shape index (κ3) is 4.18. The number of rotatable bonds is 1. The molecular weight excluding hydrogens is 296 g/mol. The summed E-state index contributed by atoms with van der Waals surface area (Å²) in [5.74, 6) is 0.968. The first-order valence-electron chi connectivity index (χ1n) is 5.80. The van der Waals surface area contributed by atoms with Crippen molar-refractivity contribution >= 4 is 28.1 Å². The van der Waals surface area contributed by atoms with Gasteiger partial charge in [0, 0.05) is 17.5 Å². The minimum absolute atomic E-state index is 0.0297. The highest BCUT2D eigenvalue weighted by molar-refractivity contribution is 9.10. The Kier molecular flexibility index (Phi) is 4.20. The van der Waals surface area contributed by atoms with Gasteiger partial charge in [0.05, 0.1) is 4.47 Å². The third-order valence-corrected chi connectivity index (χ3v) is 3.69. The zero-order valence-electron chi connectivity index (χ0n) is 11.4. The van der Waals surface area contributed by atoms with Gasteiger partial charge in [-0.15, -0.1) is 0 Å². The number of aromatic amines is 1. The average molecular weight is 317 g/mol. The fourth-order valence-corrected chi connectivity index (χ4v) is 2.60. The molecule has 0 saturated heterocycles. The number of nitrogens with one attached hydrogen (secondary N) is 1. The first-order valence-corrected chi connectivity index (χ1v) is 7.00. The quantitative estimate of drug-likeness (QED) is 0.755. The van der Waals surface area contributed by atoms with E-state index in [1.807, 2.05) is 0 Å². The highest BCUT2D eigenvalue weighted by atomic mass is 79.9.